The van der Waals surface area contributed by atoms with Crippen molar-refractivity contribution in [3.63, 3.8) is 0 Å². The lowest BCUT2D eigenvalue weighted by Gasteiger charge is -2.33. The van der Waals surface area contributed by atoms with E-state index in [0.29, 0.717) is 35.8 Å². The van der Waals surface area contributed by atoms with Gasteiger partial charge >= 0.3 is 0 Å². The van der Waals surface area contributed by atoms with Crippen molar-refractivity contribution in [3.05, 3.63) is 36.4 Å². The van der Waals surface area contributed by atoms with Crippen LogP contribution in [0.5, 0.6) is 11.5 Å². The number of hydrogen-bond donors (Lipinski definition) is 0. The van der Waals surface area contributed by atoms with Gasteiger partial charge < -0.3 is 19.3 Å². The molecule has 1 amide bonds. The zero-order chi connectivity index (χ0) is 17.8. The third-order valence-electron chi connectivity index (χ3n) is 5.35. The fraction of sp³-hybridized carbons (Fsp3) is 0.550. The van der Waals surface area contributed by atoms with Gasteiger partial charge in [0.25, 0.3) is 5.91 Å². The Hall–Kier alpha value is -2.01. The normalized spacial score (nSPS) is 23.7. The minimum atomic E-state index is 0.0939. The van der Waals surface area contributed by atoms with E-state index in [9.17, 15) is 4.79 Å². The monoisotopic (exact) mass is 344 g/mol. The Morgan fingerprint density at radius 1 is 1.24 bits per heavy atom. The number of likely N-dealkylation sites (N-methyl/N-ethyl adjacent to an activating group) is 1. The van der Waals surface area contributed by atoms with Gasteiger partial charge in [0.1, 0.15) is 6.61 Å². The van der Waals surface area contributed by atoms with Crippen molar-refractivity contribution in [1.82, 2.24) is 9.80 Å². The molecule has 2 aliphatic rings. The van der Waals surface area contributed by atoms with Crippen molar-refractivity contribution in [2.75, 3.05) is 33.9 Å². The van der Waals surface area contributed by atoms with E-state index in [0.717, 1.165) is 25.9 Å². The number of nitrogens with zero attached hydrogens (tertiary/aromatic N) is 2. The van der Waals surface area contributed by atoms with Crippen LogP contribution in [-0.4, -0.2) is 61.6 Å². The largest absolute Gasteiger partial charge is 0.493 e. The number of hydrogen-bond acceptors (Lipinski definition) is 4. The predicted octanol–water partition coefficient (Wildman–Crippen LogP) is 2.96. The van der Waals surface area contributed by atoms with Gasteiger partial charge in [-0.05, 0) is 57.5 Å². The number of benzene rings is 1. The molecule has 0 saturated carbocycles. The number of carbonyl (C=O) groups is 1. The van der Waals surface area contributed by atoms with Crippen molar-refractivity contribution in [1.29, 1.82) is 0 Å². The van der Waals surface area contributed by atoms with Crippen LogP contribution in [0.4, 0.5) is 0 Å². The molecule has 5 nitrogen and oxygen atoms in total. The minimum Gasteiger partial charge on any atom is -0.493 e. The SMILES string of the molecule is C=CCOc1ccc(C(=O)N2CCC[C@@H]2[C@@H]2CCCN2C)cc1OC. The number of likely N-dealkylation sites (tertiary alicyclic amines) is 2. The van der Waals surface area contributed by atoms with E-state index in [1.807, 2.05) is 12.1 Å². The average molecular weight is 344 g/mol. The highest BCUT2D eigenvalue weighted by molar-refractivity contribution is 5.95. The van der Waals surface area contributed by atoms with Crippen LogP contribution >= 0.6 is 0 Å². The Bertz CT molecular complexity index is 631. The molecule has 2 saturated heterocycles. The first-order valence-electron chi connectivity index (χ1n) is 9.08. The van der Waals surface area contributed by atoms with Gasteiger partial charge in [-0.15, -0.1) is 0 Å². The highest BCUT2D eigenvalue weighted by Gasteiger charge is 2.38. The quantitative estimate of drug-likeness (QED) is 0.744. The fourth-order valence-corrected chi connectivity index (χ4v) is 4.10. The molecule has 0 spiro atoms. The molecule has 136 valence electrons. The van der Waals surface area contributed by atoms with Gasteiger partial charge in [-0.3, -0.25) is 4.79 Å². The predicted molar refractivity (Wildman–Crippen MR) is 98.4 cm³/mol. The number of methoxy groups -OCH3 is 1. The fourth-order valence-electron chi connectivity index (χ4n) is 4.10. The zero-order valence-electron chi connectivity index (χ0n) is 15.2. The summed E-state index contributed by atoms with van der Waals surface area (Å²) in [5.41, 5.74) is 0.662. The van der Waals surface area contributed by atoms with Crippen LogP contribution in [0.1, 0.15) is 36.0 Å². The maximum atomic E-state index is 13.1. The first-order valence-corrected chi connectivity index (χ1v) is 9.08. The summed E-state index contributed by atoms with van der Waals surface area (Å²) in [4.78, 5) is 17.6. The third-order valence-corrected chi connectivity index (χ3v) is 5.35. The van der Waals surface area contributed by atoms with Crippen LogP contribution in [0, 0.1) is 0 Å². The highest BCUT2D eigenvalue weighted by Crippen LogP contribution is 2.32. The summed E-state index contributed by atoms with van der Waals surface area (Å²) < 4.78 is 11.0. The van der Waals surface area contributed by atoms with Crippen molar-refractivity contribution in [3.8, 4) is 11.5 Å². The average Bonchev–Trinajstić information content (AvgIpc) is 3.27. The summed E-state index contributed by atoms with van der Waals surface area (Å²) in [6, 6.07) is 6.24. The second-order valence-electron chi connectivity index (χ2n) is 6.86. The van der Waals surface area contributed by atoms with Crippen LogP contribution < -0.4 is 9.47 Å². The molecule has 5 heteroatoms. The maximum Gasteiger partial charge on any atom is 0.254 e. The van der Waals surface area contributed by atoms with Gasteiger partial charge in [0, 0.05) is 24.2 Å². The van der Waals surface area contributed by atoms with Crippen molar-refractivity contribution >= 4 is 5.91 Å². The van der Waals surface area contributed by atoms with E-state index in [-0.39, 0.29) is 5.91 Å². The number of ether oxygens (including phenoxy) is 2. The molecule has 2 heterocycles. The van der Waals surface area contributed by atoms with Crippen molar-refractivity contribution < 1.29 is 14.3 Å². The molecule has 0 aliphatic carbocycles. The molecule has 2 fully saturated rings. The molecule has 0 aromatic heterocycles. The van der Waals surface area contributed by atoms with Gasteiger partial charge in [-0.1, -0.05) is 12.7 Å². The van der Waals surface area contributed by atoms with E-state index >= 15 is 0 Å². The highest BCUT2D eigenvalue weighted by atomic mass is 16.5. The van der Waals surface area contributed by atoms with Gasteiger partial charge in [0.15, 0.2) is 11.5 Å². The Labute approximate surface area is 150 Å². The van der Waals surface area contributed by atoms with Gasteiger partial charge in [-0.2, -0.15) is 0 Å². The summed E-state index contributed by atoms with van der Waals surface area (Å²) in [5, 5.41) is 0. The Morgan fingerprint density at radius 2 is 2.00 bits per heavy atom. The van der Waals surface area contributed by atoms with E-state index < -0.39 is 0 Å². The summed E-state index contributed by atoms with van der Waals surface area (Å²) in [7, 11) is 3.77. The van der Waals surface area contributed by atoms with Crippen LogP contribution in [0.15, 0.2) is 30.9 Å². The molecule has 1 aromatic carbocycles. The third kappa shape index (κ3) is 3.66. The molecular weight excluding hydrogens is 316 g/mol. The van der Waals surface area contributed by atoms with E-state index in [1.165, 1.54) is 12.8 Å². The molecule has 0 N–H and O–H groups in total. The topological polar surface area (TPSA) is 42.0 Å². The standard InChI is InChI=1S/C20H28N2O3/c1-4-13-25-18-10-9-15(14-19(18)24-3)20(23)22-12-6-8-17(22)16-7-5-11-21(16)2/h4,9-10,14,16-17H,1,5-8,11-13H2,2-3H3/t16-,17+/m0/s1. The van der Waals surface area contributed by atoms with Crippen molar-refractivity contribution in [2.24, 2.45) is 0 Å². The zero-order valence-corrected chi connectivity index (χ0v) is 15.2. The Balaban J connectivity index is 1.78. The summed E-state index contributed by atoms with van der Waals surface area (Å²) in [5.74, 6) is 1.31. The maximum absolute atomic E-state index is 13.1. The van der Waals surface area contributed by atoms with Gasteiger partial charge in [0.05, 0.1) is 7.11 Å². The van der Waals surface area contributed by atoms with Crippen LogP contribution in [0.3, 0.4) is 0 Å². The smallest absolute Gasteiger partial charge is 0.254 e. The molecule has 3 rings (SSSR count). The number of amides is 1. The lowest BCUT2D eigenvalue weighted by atomic mass is 10.0. The van der Waals surface area contributed by atoms with E-state index in [1.54, 1.807) is 19.3 Å². The van der Waals surface area contributed by atoms with Crippen LogP contribution in [0.2, 0.25) is 0 Å². The Kier molecular flexibility index (Phi) is 5.63. The second-order valence-corrected chi connectivity index (χ2v) is 6.86. The van der Waals surface area contributed by atoms with Crippen molar-refractivity contribution in [2.45, 2.75) is 37.8 Å². The van der Waals surface area contributed by atoms with Gasteiger partial charge in [-0.25, -0.2) is 0 Å². The lowest BCUT2D eigenvalue weighted by Crippen LogP contribution is -2.47. The van der Waals surface area contributed by atoms with E-state index in [4.69, 9.17) is 9.47 Å². The summed E-state index contributed by atoms with van der Waals surface area (Å²) in [6.45, 7) is 6.03. The molecule has 25 heavy (non-hydrogen) atoms. The minimum absolute atomic E-state index is 0.0939. The van der Waals surface area contributed by atoms with E-state index in [2.05, 4.69) is 23.4 Å². The van der Waals surface area contributed by atoms with Crippen LogP contribution in [0.25, 0.3) is 0 Å². The first-order chi connectivity index (χ1) is 12.2. The molecule has 1 aromatic rings. The molecule has 0 unspecified atom stereocenters. The lowest BCUT2D eigenvalue weighted by molar-refractivity contribution is 0.0664. The van der Waals surface area contributed by atoms with Gasteiger partial charge in [0.2, 0.25) is 0 Å². The second kappa shape index (κ2) is 7.91. The summed E-state index contributed by atoms with van der Waals surface area (Å²) in [6.07, 6.45) is 6.27. The molecule has 2 aliphatic heterocycles. The molecule has 2 atom stereocenters. The number of rotatable bonds is 6. The summed E-state index contributed by atoms with van der Waals surface area (Å²) >= 11 is 0. The Morgan fingerprint density at radius 3 is 2.68 bits per heavy atom. The molecule has 0 bridgehead atoms. The number of carbonyl (C=O) groups excluding carboxylic acids is 1. The van der Waals surface area contributed by atoms with Crippen LogP contribution in [-0.2, 0) is 0 Å². The first kappa shape index (κ1) is 17.8. The molecule has 0 radical (unpaired) electrons. The molecular formula is C20H28N2O3.